The van der Waals surface area contributed by atoms with E-state index in [2.05, 4.69) is 4.99 Å². The van der Waals surface area contributed by atoms with Crippen molar-refractivity contribution in [1.82, 2.24) is 4.57 Å². The van der Waals surface area contributed by atoms with E-state index in [9.17, 15) is 9.90 Å². The van der Waals surface area contributed by atoms with Crippen molar-refractivity contribution in [3.8, 4) is 17.3 Å². The van der Waals surface area contributed by atoms with E-state index < -0.39 is 0 Å². The molecule has 0 spiro atoms. The van der Waals surface area contributed by atoms with Crippen LogP contribution in [0.1, 0.15) is 11.1 Å². The third-order valence-corrected chi connectivity index (χ3v) is 4.87. The zero-order valence-corrected chi connectivity index (χ0v) is 16.2. The van der Waals surface area contributed by atoms with E-state index in [0.29, 0.717) is 27.7 Å². The first-order chi connectivity index (χ1) is 14.1. The summed E-state index contributed by atoms with van der Waals surface area (Å²) >= 11 is 0. The summed E-state index contributed by atoms with van der Waals surface area (Å²) in [6.07, 6.45) is 1.59. The second-order valence-corrected chi connectivity index (χ2v) is 6.67. The van der Waals surface area contributed by atoms with Gasteiger partial charge >= 0.3 is 0 Å². The van der Waals surface area contributed by atoms with Crippen LogP contribution in [0.4, 0.5) is 5.69 Å². The molecule has 0 radical (unpaired) electrons. The number of para-hydroxylation sites is 1. The number of pyridine rings is 1. The monoisotopic (exact) mass is 384 g/mol. The molecular formula is C24H20N2O3. The minimum Gasteiger partial charge on any atom is -0.497 e. The first-order valence-electron chi connectivity index (χ1n) is 9.21. The fourth-order valence-electron chi connectivity index (χ4n) is 3.33. The summed E-state index contributed by atoms with van der Waals surface area (Å²) in [5.74, 6) is 0.602. The molecule has 0 aliphatic carbocycles. The van der Waals surface area contributed by atoms with Gasteiger partial charge in [-0.2, -0.15) is 0 Å². The number of ether oxygens (including phenoxy) is 1. The Morgan fingerprint density at radius 2 is 1.59 bits per heavy atom. The van der Waals surface area contributed by atoms with E-state index in [1.165, 1.54) is 4.57 Å². The fourth-order valence-corrected chi connectivity index (χ4v) is 3.33. The Hall–Kier alpha value is -3.86. The molecule has 0 saturated carbocycles. The van der Waals surface area contributed by atoms with Crippen molar-refractivity contribution in [2.24, 2.45) is 4.99 Å². The molecule has 0 amide bonds. The van der Waals surface area contributed by atoms with Crippen LogP contribution in [0.5, 0.6) is 11.6 Å². The van der Waals surface area contributed by atoms with E-state index in [-0.39, 0.29) is 11.4 Å². The molecule has 144 valence electrons. The molecule has 5 nitrogen and oxygen atoms in total. The molecule has 0 unspecified atom stereocenters. The average molecular weight is 384 g/mol. The number of hydrogen-bond acceptors (Lipinski definition) is 4. The molecule has 1 N–H and O–H groups in total. The van der Waals surface area contributed by atoms with Crippen LogP contribution < -0.4 is 10.3 Å². The molecule has 0 aliphatic rings. The maximum Gasteiger partial charge on any atom is 0.265 e. The molecule has 0 saturated heterocycles. The number of aromatic nitrogens is 1. The summed E-state index contributed by atoms with van der Waals surface area (Å²) in [7, 11) is 1.61. The highest BCUT2D eigenvalue weighted by Gasteiger charge is 2.17. The van der Waals surface area contributed by atoms with Crippen molar-refractivity contribution in [1.29, 1.82) is 0 Å². The lowest BCUT2D eigenvalue weighted by Gasteiger charge is -2.15. The van der Waals surface area contributed by atoms with Crippen LogP contribution in [0.15, 0.2) is 82.6 Å². The zero-order valence-electron chi connectivity index (χ0n) is 16.2. The van der Waals surface area contributed by atoms with Gasteiger partial charge in [0.15, 0.2) is 0 Å². The summed E-state index contributed by atoms with van der Waals surface area (Å²) in [5.41, 5.74) is 2.45. The standard InChI is InChI=1S/C24H20N2O3/c1-16-7-3-6-10-22(16)26-23(27)20-9-5-4-8-19(20)21(24(26)28)15-25-17-11-13-18(29-2)14-12-17/h3-15,28H,1-2H3. The molecule has 29 heavy (non-hydrogen) atoms. The minimum atomic E-state index is -0.269. The first kappa shape index (κ1) is 18.5. The first-order valence-corrected chi connectivity index (χ1v) is 9.21. The second kappa shape index (κ2) is 7.64. The average Bonchev–Trinajstić information content (AvgIpc) is 2.75. The summed E-state index contributed by atoms with van der Waals surface area (Å²) in [4.78, 5) is 17.6. The fraction of sp³-hybridized carbons (Fsp3) is 0.0833. The van der Waals surface area contributed by atoms with Gasteiger partial charge in [0.2, 0.25) is 5.88 Å². The summed E-state index contributed by atoms with van der Waals surface area (Å²) in [6.45, 7) is 1.90. The normalized spacial score (nSPS) is 11.2. The van der Waals surface area contributed by atoms with Gasteiger partial charge < -0.3 is 9.84 Å². The van der Waals surface area contributed by atoms with Crippen LogP contribution >= 0.6 is 0 Å². The van der Waals surface area contributed by atoms with E-state index in [1.54, 1.807) is 19.4 Å². The van der Waals surface area contributed by atoms with Crippen molar-refractivity contribution < 1.29 is 9.84 Å². The lowest BCUT2D eigenvalue weighted by Crippen LogP contribution is -2.20. The molecule has 1 heterocycles. The van der Waals surface area contributed by atoms with Gasteiger partial charge in [-0.25, -0.2) is 4.57 Å². The molecule has 0 atom stereocenters. The Kier molecular flexibility index (Phi) is 4.87. The van der Waals surface area contributed by atoms with Crippen molar-refractivity contribution in [2.45, 2.75) is 6.92 Å². The van der Waals surface area contributed by atoms with Crippen LogP contribution in [-0.2, 0) is 0 Å². The lowest BCUT2D eigenvalue weighted by atomic mass is 10.1. The van der Waals surface area contributed by atoms with E-state index >= 15 is 0 Å². The second-order valence-electron chi connectivity index (χ2n) is 6.67. The topological polar surface area (TPSA) is 63.8 Å². The van der Waals surface area contributed by atoms with E-state index in [4.69, 9.17) is 4.74 Å². The third-order valence-electron chi connectivity index (χ3n) is 4.87. The molecule has 0 fully saturated rings. The van der Waals surface area contributed by atoms with Crippen LogP contribution in [0.25, 0.3) is 16.5 Å². The minimum absolute atomic E-state index is 0.139. The Morgan fingerprint density at radius 1 is 0.931 bits per heavy atom. The van der Waals surface area contributed by atoms with Crippen molar-refractivity contribution in [3.05, 3.63) is 94.3 Å². The number of nitrogens with zero attached hydrogens (tertiary/aromatic N) is 2. The zero-order chi connectivity index (χ0) is 20.4. The highest BCUT2D eigenvalue weighted by Crippen LogP contribution is 2.28. The Labute approximate surface area is 168 Å². The number of aliphatic imine (C=N–C) groups is 1. The number of fused-ring (bicyclic) bond motifs is 1. The summed E-state index contributed by atoms with van der Waals surface area (Å²) < 4.78 is 6.51. The molecule has 1 aromatic heterocycles. The van der Waals surface area contributed by atoms with Crippen molar-refractivity contribution in [2.75, 3.05) is 7.11 Å². The predicted octanol–water partition coefficient (Wildman–Crippen LogP) is 4.76. The maximum atomic E-state index is 13.1. The maximum absolute atomic E-state index is 13.1. The smallest absolute Gasteiger partial charge is 0.265 e. The van der Waals surface area contributed by atoms with Gasteiger partial charge in [-0.1, -0.05) is 36.4 Å². The molecule has 0 aliphatic heterocycles. The Balaban J connectivity index is 1.94. The molecule has 5 heteroatoms. The number of aryl methyl sites for hydroxylation is 1. The van der Waals surface area contributed by atoms with Gasteiger partial charge in [0, 0.05) is 17.0 Å². The lowest BCUT2D eigenvalue weighted by molar-refractivity contribution is 0.415. The van der Waals surface area contributed by atoms with Crippen molar-refractivity contribution in [3.63, 3.8) is 0 Å². The highest BCUT2D eigenvalue weighted by molar-refractivity contribution is 6.02. The van der Waals surface area contributed by atoms with Gasteiger partial charge in [0.1, 0.15) is 5.75 Å². The third kappa shape index (κ3) is 3.38. The van der Waals surface area contributed by atoms with Crippen LogP contribution in [0.3, 0.4) is 0 Å². The number of benzene rings is 3. The van der Waals surface area contributed by atoms with Crippen LogP contribution in [0, 0.1) is 6.92 Å². The molecule has 3 aromatic carbocycles. The predicted molar refractivity (Wildman–Crippen MR) is 116 cm³/mol. The molecule has 4 aromatic rings. The molecule has 0 bridgehead atoms. The Bertz CT molecular complexity index is 1270. The Morgan fingerprint density at radius 3 is 2.28 bits per heavy atom. The van der Waals surface area contributed by atoms with Gasteiger partial charge in [0.25, 0.3) is 5.56 Å². The van der Waals surface area contributed by atoms with Crippen LogP contribution in [0.2, 0.25) is 0 Å². The number of hydrogen-bond donors (Lipinski definition) is 1. The van der Waals surface area contributed by atoms with Gasteiger partial charge in [-0.15, -0.1) is 0 Å². The highest BCUT2D eigenvalue weighted by atomic mass is 16.5. The van der Waals surface area contributed by atoms with E-state index in [0.717, 1.165) is 11.3 Å². The van der Waals surface area contributed by atoms with Crippen LogP contribution in [-0.4, -0.2) is 23.0 Å². The number of rotatable bonds is 4. The van der Waals surface area contributed by atoms with E-state index in [1.807, 2.05) is 73.7 Å². The van der Waals surface area contributed by atoms with Gasteiger partial charge in [0.05, 0.1) is 24.0 Å². The largest absolute Gasteiger partial charge is 0.497 e. The number of aromatic hydroxyl groups is 1. The molecule has 4 rings (SSSR count). The summed E-state index contributed by atoms with van der Waals surface area (Å²) in [6, 6.07) is 22.0. The molecular weight excluding hydrogens is 364 g/mol. The number of methoxy groups -OCH3 is 1. The van der Waals surface area contributed by atoms with Crippen molar-refractivity contribution >= 4 is 22.7 Å². The summed E-state index contributed by atoms with van der Waals surface area (Å²) in [5, 5.41) is 12.2. The quantitative estimate of drug-likeness (QED) is 0.516. The SMILES string of the molecule is COc1ccc(N=Cc2c(O)n(-c3ccccc3C)c(=O)c3ccccc23)cc1. The van der Waals surface area contributed by atoms with Gasteiger partial charge in [-0.05, 0) is 48.9 Å². The van der Waals surface area contributed by atoms with Gasteiger partial charge in [-0.3, -0.25) is 9.79 Å².